The van der Waals surface area contributed by atoms with Gasteiger partial charge in [-0.05, 0) is 45.2 Å². The Balaban J connectivity index is 5.65. The number of rotatable bonds is 7. The summed E-state index contributed by atoms with van der Waals surface area (Å²) in [4.78, 5) is 0. The highest BCUT2D eigenvalue weighted by Crippen LogP contribution is 1.81. The third kappa shape index (κ3) is 7.88. The van der Waals surface area contributed by atoms with E-state index in [0.717, 1.165) is 0 Å². The Kier molecular flexibility index (Phi) is 1.59. The van der Waals surface area contributed by atoms with Crippen LogP contribution in [0, 0.1) is 0 Å². The monoisotopic (exact) mass is 157 g/mol. The van der Waals surface area contributed by atoms with Crippen molar-refractivity contribution < 1.29 is 16.4 Å². The predicted octanol–water partition coefficient (Wildman–Crippen LogP) is -0.336. The molecule has 0 fully saturated rings. The molecule has 0 aromatic heterocycles. The molecular weight excluding hydrogens is 126 g/mol. The van der Waals surface area contributed by atoms with Crippen molar-refractivity contribution in [2.24, 2.45) is 11.5 Å². The highest BCUT2D eigenvalue weighted by molar-refractivity contribution is 4.49. The first-order valence-corrected chi connectivity index (χ1v) is 2.49. The molecule has 0 aliphatic rings. The van der Waals surface area contributed by atoms with Crippen LogP contribution in [0.1, 0.15) is 35.6 Å². The van der Waals surface area contributed by atoms with Crippen LogP contribution in [0.3, 0.4) is 0 Å². The van der Waals surface area contributed by atoms with E-state index in [9.17, 15) is 0 Å². The molecule has 0 aromatic carbocycles. The zero-order valence-electron chi connectivity index (χ0n) is 17.3. The summed E-state index contributed by atoms with van der Waals surface area (Å²) in [6, 6.07) is 0. The molecule has 0 aliphatic carbocycles. The Morgan fingerprint density at radius 1 is 1.20 bits per heavy atom. The smallest absolute Gasteiger partial charge is 0.0428 e. The fourth-order valence-corrected chi connectivity index (χ4v) is 0.224. The van der Waals surface area contributed by atoms with E-state index in [0.29, 0.717) is 0 Å². The van der Waals surface area contributed by atoms with E-state index in [1.807, 2.05) is 0 Å². The van der Waals surface area contributed by atoms with Crippen molar-refractivity contribution in [3.63, 3.8) is 0 Å². The van der Waals surface area contributed by atoms with Gasteiger partial charge in [0.25, 0.3) is 0 Å². The number of hydrogen-bond donors (Lipinski definition) is 3. The standard InChI is InChI=1S/C7H19N3/c8-4-1-2-6-10-7-3-5-9/h10H,1-9H2/i1D2,2D2,3D,4D2,5D,6D2,7D2/t3-,5+/m1/s1. The predicted molar refractivity (Wildman–Crippen MR) is 44.8 cm³/mol. The summed E-state index contributed by atoms with van der Waals surface area (Å²) in [5.74, 6) is 0. The van der Waals surface area contributed by atoms with Crippen LogP contribution in [-0.2, 0) is 0 Å². The molecule has 0 rings (SSSR count). The fraction of sp³-hybridized carbons (Fsp3) is 1.00. The third-order valence-corrected chi connectivity index (χ3v) is 0.511. The summed E-state index contributed by atoms with van der Waals surface area (Å²) in [6.45, 7) is -11.5. The minimum Gasteiger partial charge on any atom is -0.330 e. The molecule has 3 nitrogen and oxygen atoms in total. The second-order valence-corrected chi connectivity index (χ2v) is 1.15. The van der Waals surface area contributed by atoms with Gasteiger partial charge in [0.05, 0.1) is 0 Å². The minimum absolute atomic E-state index is 1.47. The van der Waals surface area contributed by atoms with Gasteiger partial charge in [0.1, 0.15) is 0 Å². The normalized spacial score (nSPS) is 41.4. The molecule has 0 bridgehead atoms. The van der Waals surface area contributed by atoms with Crippen LogP contribution in [0.2, 0.25) is 0 Å². The van der Waals surface area contributed by atoms with E-state index in [1.54, 1.807) is 0 Å². The summed E-state index contributed by atoms with van der Waals surface area (Å²) in [5, 5.41) is 1.47. The van der Waals surface area contributed by atoms with Crippen molar-refractivity contribution in [2.45, 2.75) is 19.1 Å². The molecule has 0 radical (unpaired) electrons. The lowest BCUT2D eigenvalue weighted by molar-refractivity contribution is 0.611. The zero-order chi connectivity index (χ0) is 18.4. The molecule has 0 unspecified atom stereocenters. The van der Waals surface area contributed by atoms with Crippen molar-refractivity contribution >= 4 is 0 Å². The lowest BCUT2D eigenvalue weighted by atomic mass is 10.3. The molecule has 5 N–H and O–H groups in total. The summed E-state index contributed by atoms with van der Waals surface area (Å²) in [6.07, 6.45) is -9.15. The van der Waals surface area contributed by atoms with Gasteiger partial charge in [-0.25, -0.2) is 0 Å². The van der Waals surface area contributed by atoms with Crippen LogP contribution in [0.25, 0.3) is 0 Å². The van der Waals surface area contributed by atoms with Crippen LogP contribution >= 0.6 is 0 Å². The first kappa shape index (κ1) is 1.79. The van der Waals surface area contributed by atoms with E-state index in [-0.39, 0.29) is 0 Å². The SMILES string of the molecule is [2H][C@H](N)[C@@H]([2H])C([2H])([2H])NC([2H])([2H])C([2H])([2H])C([2H])([2H])C([2H])([2H])N. The maximum absolute atomic E-state index is 7.55. The van der Waals surface area contributed by atoms with E-state index in [1.165, 1.54) is 5.32 Å². The lowest BCUT2D eigenvalue weighted by Crippen LogP contribution is -2.19. The van der Waals surface area contributed by atoms with Crippen molar-refractivity contribution in [3.05, 3.63) is 0 Å². The second kappa shape index (κ2) is 8.88. The number of nitrogens with two attached hydrogens (primary N) is 2. The van der Waals surface area contributed by atoms with Crippen molar-refractivity contribution in [2.75, 3.05) is 26.0 Å². The van der Waals surface area contributed by atoms with E-state index in [4.69, 9.17) is 27.9 Å². The zero-order valence-corrected chi connectivity index (χ0v) is 5.31. The largest absolute Gasteiger partial charge is 0.330 e. The lowest BCUT2D eigenvalue weighted by Gasteiger charge is -2.01. The van der Waals surface area contributed by atoms with Gasteiger partial charge in [-0.15, -0.1) is 0 Å². The topological polar surface area (TPSA) is 64.1 Å². The van der Waals surface area contributed by atoms with Crippen molar-refractivity contribution in [1.82, 2.24) is 5.32 Å². The van der Waals surface area contributed by atoms with Crippen LogP contribution in [-0.4, -0.2) is 26.0 Å². The average Bonchev–Trinajstić information content (AvgIpc) is 2.24. The highest BCUT2D eigenvalue weighted by Gasteiger charge is 1.85. The van der Waals surface area contributed by atoms with Crippen LogP contribution in [0.15, 0.2) is 0 Å². The molecule has 0 saturated carbocycles. The molecule has 3 heteroatoms. The molecule has 10 heavy (non-hydrogen) atoms. The summed E-state index contributed by atoms with van der Waals surface area (Å²) < 4.78 is 88.6. The fourth-order valence-electron chi connectivity index (χ4n) is 0.224. The minimum atomic E-state index is -3.61. The average molecular weight is 157 g/mol. The quantitative estimate of drug-likeness (QED) is 0.474. The molecule has 0 aromatic rings. The molecule has 0 heterocycles. The Labute approximate surface area is 80.0 Å². The van der Waals surface area contributed by atoms with Gasteiger partial charge >= 0.3 is 0 Å². The Bertz CT molecular complexity index is 389. The van der Waals surface area contributed by atoms with E-state index in [2.05, 4.69) is 0 Å². The van der Waals surface area contributed by atoms with Gasteiger partial charge in [-0.2, -0.15) is 0 Å². The van der Waals surface area contributed by atoms with Crippen molar-refractivity contribution in [3.8, 4) is 0 Å². The number of hydrogen-bond acceptors (Lipinski definition) is 3. The Hall–Kier alpha value is -0.120. The first-order chi connectivity index (χ1) is 9.31. The second-order valence-electron chi connectivity index (χ2n) is 1.15. The van der Waals surface area contributed by atoms with E-state index >= 15 is 0 Å². The summed E-state index contributed by atoms with van der Waals surface area (Å²) >= 11 is 0. The van der Waals surface area contributed by atoms with Crippen LogP contribution in [0.4, 0.5) is 0 Å². The van der Waals surface area contributed by atoms with Crippen molar-refractivity contribution in [1.29, 1.82) is 0 Å². The van der Waals surface area contributed by atoms with Gasteiger partial charge in [-0.3, -0.25) is 0 Å². The van der Waals surface area contributed by atoms with Gasteiger partial charge < -0.3 is 16.8 Å². The van der Waals surface area contributed by atoms with Crippen LogP contribution in [0.5, 0.6) is 0 Å². The Morgan fingerprint density at radius 3 is 2.60 bits per heavy atom. The molecule has 62 valence electrons. The maximum atomic E-state index is 7.55. The summed E-state index contributed by atoms with van der Waals surface area (Å²) in [5.41, 5.74) is 9.94. The van der Waals surface area contributed by atoms with Gasteiger partial charge in [0, 0.05) is 16.4 Å². The highest BCUT2D eigenvalue weighted by atomic mass is 14.8. The molecule has 0 aliphatic heterocycles. The van der Waals surface area contributed by atoms with Gasteiger partial charge in [-0.1, -0.05) is 0 Å². The summed E-state index contributed by atoms with van der Waals surface area (Å²) in [7, 11) is 0. The Morgan fingerprint density at radius 2 is 2.00 bits per heavy atom. The third-order valence-electron chi connectivity index (χ3n) is 0.511. The van der Waals surface area contributed by atoms with Gasteiger partial charge in [0.15, 0.2) is 0 Å². The molecule has 2 atom stereocenters. The first-order valence-electron chi connectivity index (χ1n) is 8.65. The molecule has 0 spiro atoms. The maximum Gasteiger partial charge on any atom is 0.0428 e. The number of nitrogens with one attached hydrogen (secondary N) is 1. The van der Waals surface area contributed by atoms with Gasteiger partial charge in [0.2, 0.25) is 0 Å². The van der Waals surface area contributed by atoms with Crippen LogP contribution < -0.4 is 16.8 Å². The molecule has 0 amide bonds. The van der Waals surface area contributed by atoms with E-state index < -0.39 is 45.2 Å². The molecular formula is C7H19N3. The molecule has 0 saturated heterocycles.